The van der Waals surface area contributed by atoms with Crippen LogP contribution in [0.25, 0.3) is 0 Å². The van der Waals surface area contributed by atoms with Gasteiger partial charge in [0.25, 0.3) is 0 Å². The first-order chi connectivity index (χ1) is 10.0. The van der Waals surface area contributed by atoms with Gasteiger partial charge in [0.05, 0.1) is 0 Å². The topological polar surface area (TPSA) is 15.3 Å². The van der Waals surface area contributed by atoms with Gasteiger partial charge in [0, 0.05) is 36.7 Å². The summed E-state index contributed by atoms with van der Waals surface area (Å²) < 4.78 is 0. The van der Waals surface area contributed by atoms with Gasteiger partial charge in [-0.2, -0.15) is 0 Å². The van der Waals surface area contributed by atoms with Crippen LogP contribution in [-0.2, 0) is 6.54 Å². The zero-order valence-corrected chi connectivity index (χ0v) is 14.6. The summed E-state index contributed by atoms with van der Waals surface area (Å²) in [5, 5.41) is 4.64. The van der Waals surface area contributed by atoms with Gasteiger partial charge >= 0.3 is 0 Å². The van der Waals surface area contributed by atoms with Crippen molar-refractivity contribution in [2.45, 2.75) is 59.2 Å². The van der Waals surface area contributed by atoms with E-state index in [9.17, 15) is 0 Å². The smallest absolute Gasteiger partial charge is 0.0453 e. The average molecular weight is 309 g/mol. The summed E-state index contributed by atoms with van der Waals surface area (Å²) >= 11 is 6.42. The number of piperazine rings is 1. The van der Waals surface area contributed by atoms with Crippen molar-refractivity contribution in [3.8, 4) is 0 Å². The first kappa shape index (κ1) is 16.8. The molecular formula is C18H29ClN2. The van der Waals surface area contributed by atoms with Gasteiger partial charge < -0.3 is 5.32 Å². The van der Waals surface area contributed by atoms with Crippen molar-refractivity contribution in [2.75, 3.05) is 13.1 Å². The highest BCUT2D eigenvalue weighted by Gasteiger charge is 2.29. The van der Waals surface area contributed by atoms with Gasteiger partial charge in [-0.25, -0.2) is 0 Å². The molecule has 1 aliphatic heterocycles. The number of rotatable bonds is 5. The molecular weight excluding hydrogens is 280 g/mol. The Bertz CT molecular complexity index is 461. The maximum Gasteiger partial charge on any atom is 0.0453 e. The molecule has 3 atom stereocenters. The van der Waals surface area contributed by atoms with Crippen LogP contribution in [0.2, 0.25) is 5.02 Å². The van der Waals surface area contributed by atoms with Crippen LogP contribution in [0.15, 0.2) is 18.2 Å². The van der Waals surface area contributed by atoms with Crippen LogP contribution in [-0.4, -0.2) is 30.1 Å². The number of hydrogen-bond donors (Lipinski definition) is 1. The molecule has 0 aromatic heterocycles. The molecule has 3 heteroatoms. The molecule has 0 amide bonds. The summed E-state index contributed by atoms with van der Waals surface area (Å²) in [5.74, 6) is 0.721. The van der Waals surface area contributed by atoms with E-state index in [1.807, 2.05) is 0 Å². The fourth-order valence-electron chi connectivity index (χ4n) is 3.14. The van der Waals surface area contributed by atoms with Crippen LogP contribution < -0.4 is 5.32 Å². The van der Waals surface area contributed by atoms with Crippen molar-refractivity contribution in [3.05, 3.63) is 34.3 Å². The quantitative estimate of drug-likeness (QED) is 0.875. The second-order valence-corrected chi connectivity index (χ2v) is 6.89. The van der Waals surface area contributed by atoms with Crippen LogP contribution in [0.4, 0.5) is 0 Å². The summed E-state index contributed by atoms with van der Waals surface area (Å²) in [5.41, 5.74) is 2.49. The molecule has 1 aromatic carbocycles. The molecule has 0 spiro atoms. The zero-order chi connectivity index (χ0) is 15.4. The predicted octanol–water partition coefficient (Wildman–Crippen LogP) is 4.25. The normalized spacial score (nSPS) is 25.0. The van der Waals surface area contributed by atoms with E-state index in [1.54, 1.807) is 0 Å². The summed E-state index contributed by atoms with van der Waals surface area (Å²) in [4.78, 5) is 2.61. The highest BCUT2D eigenvalue weighted by Crippen LogP contribution is 2.23. The Hall–Kier alpha value is -0.570. The van der Waals surface area contributed by atoms with E-state index in [0.29, 0.717) is 12.1 Å². The van der Waals surface area contributed by atoms with E-state index in [4.69, 9.17) is 11.6 Å². The van der Waals surface area contributed by atoms with Gasteiger partial charge in [-0.15, -0.1) is 0 Å². The van der Waals surface area contributed by atoms with Crippen molar-refractivity contribution in [1.82, 2.24) is 10.2 Å². The minimum atomic E-state index is 0.599. The first-order valence-corrected chi connectivity index (χ1v) is 8.65. The second-order valence-electron chi connectivity index (χ2n) is 6.49. The third kappa shape index (κ3) is 4.21. The SMILES string of the molecule is CCC(C)C1CN(Cc2ccc(C)cc2Cl)C(CC)CN1. The predicted molar refractivity (Wildman–Crippen MR) is 91.9 cm³/mol. The Morgan fingerprint density at radius 1 is 1.38 bits per heavy atom. The first-order valence-electron chi connectivity index (χ1n) is 8.27. The van der Waals surface area contributed by atoms with Gasteiger partial charge in [-0.1, -0.05) is 50.9 Å². The number of nitrogens with zero attached hydrogens (tertiary/aromatic N) is 1. The number of hydrogen-bond acceptors (Lipinski definition) is 2. The van der Waals surface area contributed by atoms with Gasteiger partial charge in [-0.05, 0) is 36.5 Å². The van der Waals surface area contributed by atoms with E-state index in [-0.39, 0.29) is 0 Å². The molecule has 1 aliphatic rings. The monoisotopic (exact) mass is 308 g/mol. The molecule has 3 unspecified atom stereocenters. The van der Waals surface area contributed by atoms with Crippen molar-refractivity contribution in [2.24, 2.45) is 5.92 Å². The van der Waals surface area contributed by atoms with Crippen LogP contribution >= 0.6 is 11.6 Å². The van der Waals surface area contributed by atoms with Gasteiger partial charge in [0.15, 0.2) is 0 Å². The van der Waals surface area contributed by atoms with Gasteiger partial charge in [0.1, 0.15) is 0 Å². The lowest BCUT2D eigenvalue weighted by molar-refractivity contribution is 0.0993. The third-order valence-electron chi connectivity index (χ3n) is 4.95. The lowest BCUT2D eigenvalue weighted by Gasteiger charge is -2.42. The Morgan fingerprint density at radius 2 is 2.14 bits per heavy atom. The third-order valence-corrected chi connectivity index (χ3v) is 5.30. The standard InChI is InChI=1S/C18H29ClN2/c1-5-14(4)18-12-21(16(6-2)10-20-18)11-15-8-7-13(3)9-17(15)19/h7-9,14,16,18,20H,5-6,10-12H2,1-4H3. The van der Waals surface area contributed by atoms with Gasteiger partial charge in [0.2, 0.25) is 0 Å². The van der Waals surface area contributed by atoms with Crippen molar-refractivity contribution in [3.63, 3.8) is 0 Å². The Morgan fingerprint density at radius 3 is 2.76 bits per heavy atom. The zero-order valence-electron chi connectivity index (χ0n) is 13.8. The average Bonchev–Trinajstić information content (AvgIpc) is 2.49. The van der Waals surface area contributed by atoms with Crippen LogP contribution in [0.1, 0.15) is 44.7 Å². The van der Waals surface area contributed by atoms with Crippen molar-refractivity contribution in [1.29, 1.82) is 0 Å². The van der Waals surface area contributed by atoms with E-state index in [2.05, 4.69) is 56.1 Å². The van der Waals surface area contributed by atoms with E-state index >= 15 is 0 Å². The van der Waals surface area contributed by atoms with E-state index < -0.39 is 0 Å². The minimum Gasteiger partial charge on any atom is -0.311 e. The summed E-state index contributed by atoms with van der Waals surface area (Å²) in [6.07, 6.45) is 2.41. The van der Waals surface area contributed by atoms with Crippen LogP contribution in [0.3, 0.4) is 0 Å². The Balaban J connectivity index is 2.10. The highest BCUT2D eigenvalue weighted by molar-refractivity contribution is 6.31. The molecule has 0 saturated carbocycles. The van der Waals surface area contributed by atoms with E-state index in [1.165, 1.54) is 24.0 Å². The molecule has 1 fully saturated rings. The fraction of sp³-hybridized carbons (Fsp3) is 0.667. The molecule has 2 nitrogen and oxygen atoms in total. The fourth-order valence-corrected chi connectivity index (χ4v) is 3.44. The Kier molecular flexibility index (Phi) is 6.09. The largest absolute Gasteiger partial charge is 0.311 e. The Labute approximate surface area is 134 Å². The maximum atomic E-state index is 6.42. The molecule has 21 heavy (non-hydrogen) atoms. The number of nitrogens with one attached hydrogen (secondary N) is 1. The molecule has 1 saturated heterocycles. The minimum absolute atomic E-state index is 0.599. The van der Waals surface area contributed by atoms with Crippen molar-refractivity contribution < 1.29 is 0 Å². The van der Waals surface area contributed by atoms with Crippen LogP contribution in [0.5, 0.6) is 0 Å². The van der Waals surface area contributed by atoms with Crippen LogP contribution in [0, 0.1) is 12.8 Å². The maximum absolute atomic E-state index is 6.42. The van der Waals surface area contributed by atoms with Gasteiger partial charge in [-0.3, -0.25) is 4.90 Å². The molecule has 2 rings (SSSR count). The second kappa shape index (κ2) is 7.62. The lowest BCUT2D eigenvalue weighted by Crippen LogP contribution is -2.57. The number of aryl methyl sites for hydroxylation is 1. The molecule has 1 N–H and O–H groups in total. The summed E-state index contributed by atoms with van der Waals surface area (Å²) in [6, 6.07) is 7.64. The van der Waals surface area contributed by atoms with Crippen molar-refractivity contribution >= 4 is 11.6 Å². The molecule has 118 valence electrons. The molecule has 0 bridgehead atoms. The molecule has 0 radical (unpaired) electrons. The number of benzene rings is 1. The molecule has 0 aliphatic carbocycles. The molecule has 1 aromatic rings. The number of halogens is 1. The van der Waals surface area contributed by atoms with E-state index in [0.717, 1.165) is 30.6 Å². The highest BCUT2D eigenvalue weighted by atomic mass is 35.5. The molecule has 1 heterocycles. The summed E-state index contributed by atoms with van der Waals surface area (Å²) in [6.45, 7) is 12.2. The summed E-state index contributed by atoms with van der Waals surface area (Å²) in [7, 11) is 0. The lowest BCUT2D eigenvalue weighted by atomic mass is 9.94.